The van der Waals surface area contributed by atoms with Crippen LogP contribution in [0.4, 0.5) is 0 Å². The van der Waals surface area contributed by atoms with Gasteiger partial charge in [0.1, 0.15) is 0 Å². The van der Waals surface area contributed by atoms with Crippen LogP contribution in [0.15, 0.2) is 33.5 Å². The summed E-state index contributed by atoms with van der Waals surface area (Å²) in [5, 5.41) is 11.6. The number of amides is 1. The normalized spacial score (nSPS) is 12.5. The Morgan fingerprint density at radius 2 is 2.20 bits per heavy atom. The van der Waals surface area contributed by atoms with Gasteiger partial charge in [0.15, 0.2) is 5.58 Å². The van der Waals surface area contributed by atoms with Crippen molar-refractivity contribution in [1.82, 2.24) is 9.88 Å². The standard InChI is InChI=1S/C14H18N2O4/c1-10(9-17)8-15-13(18)6-7-16-11-4-2-3-5-12(11)20-14(16)19/h2-5,10,17H,6-9H2,1H3,(H,15,18). The van der Waals surface area contributed by atoms with Crippen LogP contribution in [0.2, 0.25) is 0 Å². The van der Waals surface area contributed by atoms with Gasteiger partial charge in [-0.15, -0.1) is 0 Å². The van der Waals surface area contributed by atoms with Gasteiger partial charge in [-0.05, 0) is 18.1 Å². The number of rotatable bonds is 6. The molecule has 2 N–H and O–H groups in total. The molecule has 0 saturated carbocycles. The smallest absolute Gasteiger partial charge is 0.408 e. The molecule has 0 aliphatic carbocycles. The number of fused-ring (bicyclic) bond motifs is 1. The zero-order valence-electron chi connectivity index (χ0n) is 11.3. The van der Waals surface area contributed by atoms with Crippen molar-refractivity contribution < 1.29 is 14.3 Å². The molecule has 2 aromatic rings. The maximum atomic E-state index is 11.7. The van der Waals surface area contributed by atoms with E-state index >= 15 is 0 Å². The van der Waals surface area contributed by atoms with Gasteiger partial charge in [-0.3, -0.25) is 9.36 Å². The molecule has 0 radical (unpaired) electrons. The Labute approximate surface area is 116 Å². The van der Waals surface area contributed by atoms with Gasteiger partial charge in [-0.25, -0.2) is 4.79 Å². The number of benzene rings is 1. The fraction of sp³-hybridized carbons (Fsp3) is 0.429. The molecule has 0 spiro atoms. The van der Waals surface area contributed by atoms with E-state index in [-0.39, 0.29) is 31.4 Å². The van der Waals surface area contributed by atoms with E-state index in [1.165, 1.54) is 4.57 Å². The summed E-state index contributed by atoms with van der Waals surface area (Å²) in [5.74, 6) is -0.582. The lowest BCUT2D eigenvalue weighted by molar-refractivity contribution is -0.121. The number of carbonyl (C=O) groups is 1. The lowest BCUT2D eigenvalue weighted by atomic mass is 10.2. The van der Waals surface area contributed by atoms with Crippen molar-refractivity contribution in [3.63, 3.8) is 0 Å². The molecular weight excluding hydrogens is 260 g/mol. The van der Waals surface area contributed by atoms with Crippen LogP contribution in [0.1, 0.15) is 13.3 Å². The number of para-hydroxylation sites is 2. The summed E-state index contributed by atoms with van der Waals surface area (Å²) in [4.78, 5) is 23.4. The third-order valence-electron chi connectivity index (χ3n) is 3.10. The quantitative estimate of drug-likeness (QED) is 0.815. The van der Waals surface area contributed by atoms with Crippen molar-refractivity contribution >= 4 is 17.0 Å². The molecule has 0 aliphatic rings. The molecule has 1 aromatic carbocycles. The molecule has 108 valence electrons. The van der Waals surface area contributed by atoms with Crippen LogP contribution in [0, 0.1) is 5.92 Å². The summed E-state index contributed by atoms with van der Waals surface area (Å²) in [5.41, 5.74) is 1.21. The van der Waals surface area contributed by atoms with Gasteiger partial charge in [0, 0.05) is 26.1 Å². The molecule has 6 nitrogen and oxygen atoms in total. The SMILES string of the molecule is CC(CO)CNC(=O)CCn1c(=O)oc2ccccc21. The molecule has 2 rings (SSSR count). The molecule has 1 atom stereocenters. The number of carbonyl (C=O) groups excluding carboxylic acids is 1. The highest BCUT2D eigenvalue weighted by molar-refractivity contribution is 5.76. The van der Waals surface area contributed by atoms with E-state index < -0.39 is 5.76 Å². The Kier molecular flexibility index (Phi) is 4.57. The number of oxazole rings is 1. The average molecular weight is 278 g/mol. The van der Waals surface area contributed by atoms with Crippen molar-refractivity contribution in [2.24, 2.45) is 5.92 Å². The zero-order valence-corrected chi connectivity index (χ0v) is 11.3. The highest BCUT2D eigenvalue weighted by Crippen LogP contribution is 2.11. The van der Waals surface area contributed by atoms with Crippen LogP contribution in [0.5, 0.6) is 0 Å². The molecule has 6 heteroatoms. The number of aromatic nitrogens is 1. The second-order valence-corrected chi connectivity index (χ2v) is 4.83. The minimum atomic E-state index is -0.456. The van der Waals surface area contributed by atoms with Gasteiger partial charge >= 0.3 is 5.76 Å². The van der Waals surface area contributed by atoms with Crippen molar-refractivity contribution in [1.29, 1.82) is 0 Å². The number of hydrogen-bond acceptors (Lipinski definition) is 4. The number of nitrogens with zero attached hydrogens (tertiary/aromatic N) is 1. The van der Waals surface area contributed by atoms with E-state index in [0.29, 0.717) is 17.6 Å². The minimum absolute atomic E-state index is 0.0245. The summed E-state index contributed by atoms with van der Waals surface area (Å²) in [6.07, 6.45) is 0.196. The topological polar surface area (TPSA) is 84.5 Å². The first-order valence-electron chi connectivity index (χ1n) is 6.57. The molecule has 1 amide bonds. The fourth-order valence-corrected chi connectivity index (χ4v) is 1.88. The van der Waals surface area contributed by atoms with Gasteiger partial charge in [-0.2, -0.15) is 0 Å². The fourth-order valence-electron chi connectivity index (χ4n) is 1.88. The van der Waals surface area contributed by atoms with E-state index in [9.17, 15) is 9.59 Å². The summed E-state index contributed by atoms with van der Waals surface area (Å²) in [7, 11) is 0. The summed E-state index contributed by atoms with van der Waals surface area (Å²) < 4.78 is 6.54. The van der Waals surface area contributed by atoms with Crippen molar-refractivity contribution in [2.75, 3.05) is 13.2 Å². The molecule has 1 heterocycles. The van der Waals surface area contributed by atoms with Crippen molar-refractivity contribution in [3.8, 4) is 0 Å². The van der Waals surface area contributed by atoms with Gasteiger partial charge in [0.05, 0.1) is 5.52 Å². The Morgan fingerprint density at radius 3 is 2.95 bits per heavy atom. The summed E-state index contributed by atoms with van der Waals surface area (Å²) in [6, 6.07) is 7.11. The molecular formula is C14H18N2O4. The Bertz CT molecular complexity index is 644. The number of aryl methyl sites for hydroxylation is 1. The first-order valence-corrected chi connectivity index (χ1v) is 6.57. The predicted octanol–water partition coefficient (Wildman–Crippen LogP) is 0.729. The van der Waals surface area contributed by atoms with E-state index in [4.69, 9.17) is 9.52 Å². The van der Waals surface area contributed by atoms with E-state index in [2.05, 4.69) is 5.32 Å². The second kappa shape index (κ2) is 6.38. The third kappa shape index (κ3) is 3.27. The third-order valence-corrected chi connectivity index (χ3v) is 3.10. The van der Waals surface area contributed by atoms with Crippen molar-refractivity contribution in [3.05, 3.63) is 34.8 Å². The minimum Gasteiger partial charge on any atom is -0.408 e. The maximum Gasteiger partial charge on any atom is 0.419 e. The van der Waals surface area contributed by atoms with Gasteiger partial charge in [-0.1, -0.05) is 19.1 Å². The van der Waals surface area contributed by atoms with Crippen molar-refractivity contribution in [2.45, 2.75) is 19.9 Å². The van der Waals surface area contributed by atoms with Gasteiger partial charge in [0.25, 0.3) is 0 Å². The van der Waals surface area contributed by atoms with Gasteiger partial charge < -0.3 is 14.8 Å². The summed E-state index contributed by atoms with van der Waals surface area (Å²) >= 11 is 0. The lowest BCUT2D eigenvalue weighted by Gasteiger charge is -2.09. The first-order chi connectivity index (χ1) is 9.61. The highest BCUT2D eigenvalue weighted by Gasteiger charge is 2.10. The zero-order chi connectivity index (χ0) is 14.5. The monoisotopic (exact) mass is 278 g/mol. The average Bonchev–Trinajstić information content (AvgIpc) is 2.78. The Hall–Kier alpha value is -2.08. The number of hydrogen-bond donors (Lipinski definition) is 2. The largest absolute Gasteiger partial charge is 0.419 e. The van der Waals surface area contributed by atoms with Crippen LogP contribution in [0.3, 0.4) is 0 Å². The molecule has 1 unspecified atom stereocenters. The number of aliphatic hydroxyl groups excluding tert-OH is 1. The highest BCUT2D eigenvalue weighted by atomic mass is 16.4. The number of nitrogens with one attached hydrogen (secondary N) is 1. The first kappa shape index (κ1) is 14.3. The Balaban J connectivity index is 1.97. The Morgan fingerprint density at radius 1 is 1.45 bits per heavy atom. The predicted molar refractivity (Wildman–Crippen MR) is 74.4 cm³/mol. The molecule has 0 bridgehead atoms. The maximum absolute atomic E-state index is 11.7. The van der Waals surface area contributed by atoms with Crippen LogP contribution < -0.4 is 11.1 Å². The molecule has 0 saturated heterocycles. The van der Waals surface area contributed by atoms with E-state index in [1.807, 2.05) is 13.0 Å². The molecule has 0 fully saturated rings. The van der Waals surface area contributed by atoms with Crippen LogP contribution in [-0.4, -0.2) is 28.7 Å². The molecule has 0 aliphatic heterocycles. The molecule has 20 heavy (non-hydrogen) atoms. The lowest BCUT2D eigenvalue weighted by Crippen LogP contribution is -2.30. The van der Waals surface area contributed by atoms with E-state index in [1.54, 1.807) is 18.2 Å². The molecule has 1 aromatic heterocycles. The van der Waals surface area contributed by atoms with Crippen LogP contribution in [-0.2, 0) is 11.3 Å². The van der Waals surface area contributed by atoms with Crippen LogP contribution in [0.25, 0.3) is 11.1 Å². The van der Waals surface area contributed by atoms with Crippen LogP contribution >= 0.6 is 0 Å². The number of aliphatic hydroxyl groups is 1. The van der Waals surface area contributed by atoms with Gasteiger partial charge in [0.2, 0.25) is 5.91 Å². The summed E-state index contributed by atoms with van der Waals surface area (Å²) in [6.45, 7) is 2.58. The second-order valence-electron chi connectivity index (χ2n) is 4.83. The van der Waals surface area contributed by atoms with E-state index in [0.717, 1.165) is 0 Å².